The molecule has 102 valence electrons. The predicted octanol–water partition coefficient (Wildman–Crippen LogP) is 3.34. The monoisotopic (exact) mass is 267 g/mol. The zero-order chi connectivity index (χ0) is 14.6. The molecule has 0 N–H and O–H groups in total. The van der Waals surface area contributed by atoms with Gasteiger partial charge < -0.3 is 4.74 Å². The van der Waals surface area contributed by atoms with Gasteiger partial charge in [-0.15, -0.1) is 0 Å². The van der Waals surface area contributed by atoms with Gasteiger partial charge in [-0.25, -0.2) is 9.97 Å². The number of hydrogen-bond donors (Lipinski definition) is 0. The van der Waals surface area contributed by atoms with E-state index in [1.807, 2.05) is 51.1 Å². The van der Waals surface area contributed by atoms with Crippen LogP contribution < -0.4 is 4.74 Å². The van der Waals surface area contributed by atoms with E-state index in [1.165, 1.54) is 0 Å². The summed E-state index contributed by atoms with van der Waals surface area (Å²) in [6.45, 7) is 6.22. The molecule has 2 rings (SSSR count). The minimum absolute atomic E-state index is 0.534. The Morgan fingerprint density at radius 2 is 1.90 bits per heavy atom. The quantitative estimate of drug-likeness (QED) is 0.852. The van der Waals surface area contributed by atoms with Crippen LogP contribution in [0.5, 0.6) is 5.75 Å². The molecule has 0 saturated carbocycles. The topological polar surface area (TPSA) is 58.8 Å². The van der Waals surface area contributed by atoms with E-state index >= 15 is 0 Å². The molecule has 20 heavy (non-hydrogen) atoms. The molecule has 1 aromatic carbocycles. The maximum atomic E-state index is 9.16. The second kappa shape index (κ2) is 5.70. The lowest BCUT2D eigenvalue weighted by Crippen LogP contribution is -2.18. The van der Waals surface area contributed by atoms with E-state index in [1.54, 1.807) is 6.20 Å². The summed E-state index contributed by atoms with van der Waals surface area (Å²) in [5.74, 6) is 1.37. The third-order valence-corrected chi connectivity index (χ3v) is 2.96. The summed E-state index contributed by atoms with van der Waals surface area (Å²) >= 11 is 0. The minimum atomic E-state index is -0.693. The molecule has 0 aliphatic carbocycles. The van der Waals surface area contributed by atoms with Gasteiger partial charge in [0.25, 0.3) is 0 Å². The van der Waals surface area contributed by atoms with Crippen molar-refractivity contribution in [3.8, 4) is 23.1 Å². The lowest BCUT2D eigenvalue weighted by Gasteiger charge is -2.14. The highest BCUT2D eigenvalue weighted by Crippen LogP contribution is 2.24. The molecule has 0 spiro atoms. The van der Waals surface area contributed by atoms with Crippen LogP contribution in [0.3, 0.4) is 0 Å². The Bertz CT molecular complexity index is 627. The van der Waals surface area contributed by atoms with Gasteiger partial charge in [0.05, 0.1) is 18.4 Å². The highest BCUT2D eigenvalue weighted by atomic mass is 16.5. The van der Waals surface area contributed by atoms with Crippen LogP contribution >= 0.6 is 0 Å². The van der Waals surface area contributed by atoms with Crippen LogP contribution in [0, 0.1) is 11.3 Å². The first kappa shape index (κ1) is 14.0. The molecule has 2 aromatic rings. The molecule has 0 bridgehead atoms. The van der Waals surface area contributed by atoms with Crippen molar-refractivity contribution in [1.29, 1.82) is 5.26 Å². The van der Waals surface area contributed by atoms with Gasteiger partial charge in [-0.2, -0.15) is 5.26 Å². The van der Waals surface area contributed by atoms with Gasteiger partial charge in [0, 0.05) is 11.8 Å². The second-order valence-corrected chi connectivity index (χ2v) is 4.96. The van der Waals surface area contributed by atoms with E-state index in [0.717, 1.165) is 17.0 Å². The number of nitriles is 1. The van der Waals surface area contributed by atoms with E-state index in [-0.39, 0.29) is 0 Å². The molecule has 1 aromatic heterocycles. The highest BCUT2D eigenvalue weighted by Gasteiger charge is 2.23. The van der Waals surface area contributed by atoms with Crippen LogP contribution in [-0.2, 0) is 5.41 Å². The smallest absolute Gasteiger partial charge is 0.148 e. The molecule has 0 aliphatic heterocycles. The van der Waals surface area contributed by atoms with Crippen molar-refractivity contribution >= 4 is 0 Å². The molecule has 0 unspecified atom stereocenters. The number of nitrogens with zero attached hydrogens (tertiary/aromatic N) is 3. The van der Waals surface area contributed by atoms with Crippen molar-refractivity contribution < 1.29 is 4.74 Å². The lowest BCUT2D eigenvalue weighted by atomic mass is 9.94. The molecular weight excluding hydrogens is 250 g/mol. The zero-order valence-electron chi connectivity index (χ0n) is 11.9. The molecule has 4 nitrogen and oxygen atoms in total. The number of hydrogen-bond acceptors (Lipinski definition) is 4. The molecule has 0 atom stereocenters. The normalized spacial score (nSPS) is 10.9. The van der Waals surface area contributed by atoms with Gasteiger partial charge in [0.2, 0.25) is 0 Å². The van der Waals surface area contributed by atoms with Crippen molar-refractivity contribution in [3.63, 3.8) is 0 Å². The summed E-state index contributed by atoms with van der Waals surface area (Å²) in [4.78, 5) is 8.68. The molecule has 4 heteroatoms. The van der Waals surface area contributed by atoms with Gasteiger partial charge in [-0.3, -0.25) is 0 Å². The van der Waals surface area contributed by atoms with Crippen molar-refractivity contribution in [3.05, 3.63) is 42.4 Å². The summed E-state index contributed by atoms with van der Waals surface area (Å²) in [6.07, 6.45) is 1.69. The number of aromatic nitrogens is 2. The molecule has 1 heterocycles. The van der Waals surface area contributed by atoms with Crippen LogP contribution in [0.1, 0.15) is 26.6 Å². The van der Waals surface area contributed by atoms with Crippen molar-refractivity contribution in [2.75, 3.05) is 6.61 Å². The van der Waals surface area contributed by atoms with E-state index in [2.05, 4.69) is 16.0 Å². The van der Waals surface area contributed by atoms with Crippen molar-refractivity contribution in [1.82, 2.24) is 9.97 Å². The highest BCUT2D eigenvalue weighted by molar-refractivity contribution is 5.59. The Balaban J connectivity index is 2.34. The molecular formula is C16H17N3O. The van der Waals surface area contributed by atoms with Gasteiger partial charge in [-0.05, 0) is 51.1 Å². The Labute approximate surface area is 119 Å². The zero-order valence-corrected chi connectivity index (χ0v) is 11.9. The largest absolute Gasteiger partial charge is 0.494 e. The molecule has 0 amide bonds. The summed E-state index contributed by atoms with van der Waals surface area (Å²) in [7, 11) is 0. The fourth-order valence-corrected chi connectivity index (χ4v) is 1.76. The average Bonchev–Trinajstić information content (AvgIpc) is 2.48. The third kappa shape index (κ3) is 2.94. The average molecular weight is 267 g/mol. The van der Waals surface area contributed by atoms with Crippen LogP contribution in [0.25, 0.3) is 11.3 Å². The Morgan fingerprint density at radius 3 is 2.50 bits per heavy atom. The summed E-state index contributed by atoms with van der Waals surface area (Å²) in [6, 6.07) is 11.8. The standard InChI is InChI=1S/C16H17N3O/c1-4-20-13-7-5-12(6-8-13)14-9-10-18-15(19-14)16(2,3)11-17/h5-10H,4H2,1-3H3. The van der Waals surface area contributed by atoms with Gasteiger partial charge in [0.15, 0.2) is 0 Å². The maximum Gasteiger partial charge on any atom is 0.148 e. The van der Waals surface area contributed by atoms with E-state index < -0.39 is 5.41 Å². The first-order valence-electron chi connectivity index (χ1n) is 6.55. The van der Waals surface area contributed by atoms with Gasteiger partial charge in [0.1, 0.15) is 17.0 Å². The lowest BCUT2D eigenvalue weighted by molar-refractivity contribution is 0.340. The van der Waals surface area contributed by atoms with Crippen LogP contribution in [-0.4, -0.2) is 16.6 Å². The number of benzene rings is 1. The van der Waals surface area contributed by atoms with Gasteiger partial charge in [-0.1, -0.05) is 0 Å². The Hall–Kier alpha value is -2.41. The fraction of sp³-hybridized carbons (Fsp3) is 0.312. The predicted molar refractivity (Wildman–Crippen MR) is 77.3 cm³/mol. The third-order valence-electron chi connectivity index (χ3n) is 2.96. The fourth-order valence-electron chi connectivity index (χ4n) is 1.76. The summed E-state index contributed by atoms with van der Waals surface area (Å²) in [5, 5.41) is 9.16. The SMILES string of the molecule is CCOc1ccc(-c2ccnc(C(C)(C)C#N)n2)cc1. The van der Waals surface area contributed by atoms with Crippen LogP contribution in [0.4, 0.5) is 0 Å². The van der Waals surface area contributed by atoms with Crippen LogP contribution in [0.15, 0.2) is 36.5 Å². The van der Waals surface area contributed by atoms with Crippen molar-refractivity contribution in [2.45, 2.75) is 26.2 Å². The maximum absolute atomic E-state index is 9.16. The van der Waals surface area contributed by atoms with Gasteiger partial charge >= 0.3 is 0 Å². The summed E-state index contributed by atoms with van der Waals surface area (Å²) < 4.78 is 5.42. The second-order valence-electron chi connectivity index (χ2n) is 4.96. The first-order valence-corrected chi connectivity index (χ1v) is 6.55. The van der Waals surface area contributed by atoms with E-state index in [9.17, 15) is 0 Å². The van der Waals surface area contributed by atoms with Crippen LogP contribution in [0.2, 0.25) is 0 Å². The Morgan fingerprint density at radius 1 is 1.20 bits per heavy atom. The molecule has 0 aliphatic rings. The van der Waals surface area contributed by atoms with Crippen molar-refractivity contribution in [2.24, 2.45) is 0 Å². The first-order chi connectivity index (χ1) is 9.56. The molecule has 0 saturated heterocycles. The Kier molecular flexibility index (Phi) is 3.99. The van der Waals surface area contributed by atoms with E-state index in [4.69, 9.17) is 10.00 Å². The molecule has 0 fully saturated rings. The number of ether oxygens (including phenoxy) is 1. The summed E-state index contributed by atoms with van der Waals surface area (Å²) in [5.41, 5.74) is 1.09. The number of rotatable bonds is 4. The van der Waals surface area contributed by atoms with E-state index in [0.29, 0.717) is 12.4 Å². The molecule has 0 radical (unpaired) electrons. The minimum Gasteiger partial charge on any atom is -0.494 e.